The van der Waals surface area contributed by atoms with Crippen LogP contribution in [0.1, 0.15) is 35.2 Å². The number of carbonyl (C=O) groups excluding carboxylic acids is 1. The van der Waals surface area contributed by atoms with Crippen molar-refractivity contribution in [2.75, 3.05) is 13.7 Å². The van der Waals surface area contributed by atoms with Gasteiger partial charge in [0.1, 0.15) is 0 Å². The fourth-order valence-corrected chi connectivity index (χ4v) is 4.36. The van der Waals surface area contributed by atoms with Gasteiger partial charge < -0.3 is 4.74 Å². The Bertz CT molecular complexity index is 858. The summed E-state index contributed by atoms with van der Waals surface area (Å²) in [5, 5.41) is 0. The van der Waals surface area contributed by atoms with Gasteiger partial charge in [0.05, 0.1) is 17.6 Å². The quantitative estimate of drug-likeness (QED) is 0.805. The summed E-state index contributed by atoms with van der Waals surface area (Å²) in [7, 11) is -2.43. The topological polar surface area (TPSA) is 72.5 Å². The lowest BCUT2D eigenvalue weighted by molar-refractivity contribution is 0.0600. The molecule has 0 aliphatic heterocycles. The summed E-state index contributed by atoms with van der Waals surface area (Å²) in [6.07, 6.45) is 3.01. The summed E-state index contributed by atoms with van der Waals surface area (Å²) in [6.45, 7) is 0.349. The van der Waals surface area contributed by atoms with Crippen LogP contribution in [0.5, 0.6) is 0 Å². The van der Waals surface area contributed by atoms with Crippen molar-refractivity contribution in [3.8, 4) is 0 Å². The zero-order chi connectivity index (χ0) is 17.9. The average Bonchev–Trinajstić information content (AvgIpc) is 2.61. The first kappa shape index (κ1) is 17.6. The Kier molecular flexibility index (Phi) is 4.92. The summed E-state index contributed by atoms with van der Waals surface area (Å²) < 4.78 is 32.7. The van der Waals surface area contributed by atoms with Crippen LogP contribution in [0.25, 0.3) is 0 Å². The number of hydrogen-bond acceptors (Lipinski definition) is 4. The van der Waals surface area contributed by atoms with Crippen molar-refractivity contribution in [3.63, 3.8) is 0 Å². The first-order chi connectivity index (χ1) is 12.0. The lowest BCUT2D eigenvalue weighted by atomic mass is 9.64. The van der Waals surface area contributed by atoms with Gasteiger partial charge in [0.2, 0.25) is 10.0 Å². The van der Waals surface area contributed by atoms with Gasteiger partial charge >= 0.3 is 5.97 Å². The van der Waals surface area contributed by atoms with Gasteiger partial charge in [0.15, 0.2) is 0 Å². The van der Waals surface area contributed by atoms with Gasteiger partial charge in [-0.25, -0.2) is 17.9 Å². The Morgan fingerprint density at radius 2 is 1.84 bits per heavy atom. The van der Waals surface area contributed by atoms with Crippen LogP contribution in [0.15, 0.2) is 59.5 Å². The van der Waals surface area contributed by atoms with E-state index in [1.807, 2.05) is 30.3 Å². The Hall–Kier alpha value is -2.18. The highest BCUT2D eigenvalue weighted by Gasteiger charge is 2.39. The second kappa shape index (κ2) is 6.98. The summed E-state index contributed by atoms with van der Waals surface area (Å²) in [5.41, 5.74) is 1.23. The van der Waals surface area contributed by atoms with Crippen LogP contribution in [0.3, 0.4) is 0 Å². The molecule has 0 bridgehead atoms. The van der Waals surface area contributed by atoms with Crippen LogP contribution in [0.4, 0.5) is 0 Å². The molecule has 1 saturated carbocycles. The highest BCUT2D eigenvalue weighted by molar-refractivity contribution is 7.89. The van der Waals surface area contributed by atoms with E-state index in [0.717, 1.165) is 24.8 Å². The van der Waals surface area contributed by atoms with Gasteiger partial charge in [-0.1, -0.05) is 42.8 Å². The van der Waals surface area contributed by atoms with Crippen molar-refractivity contribution in [1.82, 2.24) is 4.72 Å². The van der Waals surface area contributed by atoms with Crippen LogP contribution in [-0.4, -0.2) is 28.0 Å². The van der Waals surface area contributed by atoms with Crippen LogP contribution in [0.2, 0.25) is 0 Å². The second-order valence-electron chi connectivity index (χ2n) is 6.34. The Morgan fingerprint density at radius 1 is 1.12 bits per heavy atom. The molecule has 2 aromatic carbocycles. The van der Waals surface area contributed by atoms with E-state index in [1.165, 1.54) is 31.4 Å². The number of carbonyl (C=O) groups is 1. The van der Waals surface area contributed by atoms with Gasteiger partial charge in [-0.3, -0.25) is 0 Å². The Morgan fingerprint density at radius 3 is 2.44 bits per heavy atom. The SMILES string of the molecule is COC(=O)c1cccc(S(=O)(=O)NCC2(c3ccccc3)CCC2)c1. The van der Waals surface area contributed by atoms with Crippen LogP contribution in [-0.2, 0) is 20.2 Å². The molecule has 0 aromatic heterocycles. The molecular formula is C19H21NO4S. The molecule has 132 valence electrons. The van der Waals surface area contributed by atoms with E-state index in [0.29, 0.717) is 6.54 Å². The van der Waals surface area contributed by atoms with Gasteiger partial charge in [0.25, 0.3) is 0 Å². The van der Waals surface area contributed by atoms with Crippen LogP contribution >= 0.6 is 0 Å². The molecule has 1 aliphatic rings. The summed E-state index contributed by atoms with van der Waals surface area (Å²) in [4.78, 5) is 11.7. The molecule has 0 atom stereocenters. The zero-order valence-electron chi connectivity index (χ0n) is 14.1. The van der Waals surface area contributed by atoms with Crippen molar-refractivity contribution < 1.29 is 17.9 Å². The lowest BCUT2D eigenvalue weighted by Gasteiger charge is -2.42. The molecule has 1 aliphatic carbocycles. The van der Waals surface area contributed by atoms with E-state index in [-0.39, 0.29) is 15.9 Å². The van der Waals surface area contributed by atoms with Crippen molar-refractivity contribution in [3.05, 3.63) is 65.7 Å². The van der Waals surface area contributed by atoms with Gasteiger partial charge in [-0.15, -0.1) is 0 Å². The predicted octanol–water partition coefficient (Wildman–Crippen LogP) is 2.87. The number of methoxy groups -OCH3 is 1. The first-order valence-corrected chi connectivity index (χ1v) is 9.69. The minimum absolute atomic E-state index is 0.0675. The van der Waals surface area contributed by atoms with Gasteiger partial charge in [0, 0.05) is 12.0 Å². The molecule has 2 aromatic rings. The fourth-order valence-electron chi connectivity index (χ4n) is 3.19. The van der Waals surface area contributed by atoms with Crippen molar-refractivity contribution in [2.24, 2.45) is 0 Å². The standard InChI is InChI=1S/C19H21NO4S/c1-24-18(21)15-7-5-10-17(13-15)25(22,23)20-14-19(11-6-12-19)16-8-3-2-4-9-16/h2-5,7-10,13,20H,6,11-12,14H2,1H3. The molecule has 25 heavy (non-hydrogen) atoms. The highest BCUT2D eigenvalue weighted by Crippen LogP contribution is 2.43. The summed E-state index contributed by atoms with van der Waals surface area (Å²) >= 11 is 0. The van der Waals surface area contributed by atoms with Crippen molar-refractivity contribution in [2.45, 2.75) is 29.6 Å². The fraction of sp³-hybridized carbons (Fsp3) is 0.316. The van der Waals surface area contributed by atoms with Crippen molar-refractivity contribution >= 4 is 16.0 Å². The van der Waals surface area contributed by atoms with E-state index in [4.69, 9.17) is 0 Å². The minimum Gasteiger partial charge on any atom is -0.465 e. The van der Waals surface area contributed by atoms with E-state index < -0.39 is 16.0 Å². The molecule has 0 spiro atoms. The lowest BCUT2D eigenvalue weighted by Crippen LogP contribution is -2.45. The smallest absolute Gasteiger partial charge is 0.337 e. The minimum atomic E-state index is -3.70. The van der Waals surface area contributed by atoms with E-state index in [9.17, 15) is 13.2 Å². The largest absolute Gasteiger partial charge is 0.465 e. The number of benzene rings is 2. The van der Waals surface area contributed by atoms with Crippen LogP contribution in [0, 0.1) is 0 Å². The highest BCUT2D eigenvalue weighted by atomic mass is 32.2. The molecule has 0 radical (unpaired) electrons. The second-order valence-corrected chi connectivity index (χ2v) is 8.11. The number of ether oxygens (including phenoxy) is 1. The average molecular weight is 359 g/mol. The molecule has 1 N–H and O–H groups in total. The number of esters is 1. The molecular weight excluding hydrogens is 338 g/mol. The maximum atomic E-state index is 12.7. The number of nitrogens with one attached hydrogen (secondary N) is 1. The maximum absolute atomic E-state index is 12.7. The Labute approximate surface area is 148 Å². The molecule has 0 unspecified atom stereocenters. The number of hydrogen-bond donors (Lipinski definition) is 1. The molecule has 3 rings (SSSR count). The molecule has 0 heterocycles. The monoisotopic (exact) mass is 359 g/mol. The van der Waals surface area contributed by atoms with E-state index >= 15 is 0 Å². The molecule has 0 saturated heterocycles. The molecule has 0 amide bonds. The first-order valence-electron chi connectivity index (χ1n) is 8.20. The zero-order valence-corrected chi connectivity index (χ0v) is 14.9. The van der Waals surface area contributed by atoms with Gasteiger partial charge in [-0.05, 0) is 36.6 Å². The normalized spacial score (nSPS) is 16.0. The van der Waals surface area contributed by atoms with E-state index in [1.54, 1.807) is 0 Å². The number of sulfonamides is 1. The third kappa shape index (κ3) is 3.60. The number of rotatable bonds is 6. The molecule has 6 heteroatoms. The third-order valence-electron chi connectivity index (χ3n) is 4.86. The third-order valence-corrected chi connectivity index (χ3v) is 6.26. The summed E-state index contributed by atoms with van der Waals surface area (Å²) in [6, 6.07) is 15.9. The maximum Gasteiger partial charge on any atom is 0.337 e. The van der Waals surface area contributed by atoms with Gasteiger partial charge in [-0.2, -0.15) is 0 Å². The summed E-state index contributed by atoms with van der Waals surface area (Å²) in [5.74, 6) is -0.559. The predicted molar refractivity (Wildman–Crippen MR) is 94.9 cm³/mol. The Balaban J connectivity index is 1.79. The van der Waals surface area contributed by atoms with E-state index in [2.05, 4.69) is 9.46 Å². The van der Waals surface area contributed by atoms with Crippen molar-refractivity contribution in [1.29, 1.82) is 0 Å². The molecule has 5 nitrogen and oxygen atoms in total. The molecule has 1 fully saturated rings. The van der Waals surface area contributed by atoms with Crippen LogP contribution < -0.4 is 4.72 Å².